The van der Waals surface area contributed by atoms with E-state index in [0.717, 1.165) is 22.1 Å². The topological polar surface area (TPSA) is 83.2 Å². The van der Waals surface area contributed by atoms with Crippen molar-refractivity contribution in [1.29, 1.82) is 0 Å². The van der Waals surface area contributed by atoms with Crippen molar-refractivity contribution in [3.63, 3.8) is 0 Å². The lowest BCUT2D eigenvalue weighted by Gasteiger charge is -2.04. The summed E-state index contributed by atoms with van der Waals surface area (Å²) < 4.78 is 5.20. The SMILES string of the molecule is COc1ccc2cc(/C=C/C(=O)NNC(=O)c3ccc[nH]3)ccc2c1. The summed E-state index contributed by atoms with van der Waals surface area (Å²) >= 11 is 0. The van der Waals surface area contributed by atoms with Crippen LogP contribution < -0.4 is 15.6 Å². The van der Waals surface area contributed by atoms with E-state index in [-0.39, 0.29) is 0 Å². The van der Waals surface area contributed by atoms with Crippen molar-refractivity contribution in [2.75, 3.05) is 7.11 Å². The number of methoxy groups -OCH3 is 1. The Labute approximate surface area is 144 Å². The predicted molar refractivity (Wildman–Crippen MR) is 95.9 cm³/mol. The first-order valence-electron chi connectivity index (χ1n) is 7.65. The highest BCUT2D eigenvalue weighted by Gasteiger charge is 2.05. The standard InChI is InChI=1S/C19H17N3O3/c1-25-16-8-7-14-11-13(4-6-15(14)12-16)5-9-18(23)21-22-19(24)17-3-2-10-20-17/h2-12,20H,1H3,(H,21,23)(H,22,24)/b9-5+. The maximum atomic E-state index is 11.8. The van der Waals surface area contributed by atoms with Gasteiger partial charge in [0.25, 0.3) is 11.8 Å². The van der Waals surface area contributed by atoms with Crippen molar-refractivity contribution in [3.8, 4) is 5.75 Å². The third-order valence-corrected chi connectivity index (χ3v) is 3.64. The Bertz CT molecular complexity index is 930. The largest absolute Gasteiger partial charge is 0.497 e. The van der Waals surface area contributed by atoms with E-state index in [1.807, 2.05) is 36.4 Å². The van der Waals surface area contributed by atoms with E-state index in [0.29, 0.717) is 5.69 Å². The Morgan fingerprint density at radius 3 is 2.60 bits per heavy atom. The number of aromatic nitrogens is 1. The van der Waals surface area contributed by atoms with Crippen LogP contribution in [0.2, 0.25) is 0 Å². The molecule has 25 heavy (non-hydrogen) atoms. The molecule has 0 saturated heterocycles. The molecule has 0 aliphatic rings. The zero-order valence-electron chi connectivity index (χ0n) is 13.6. The van der Waals surface area contributed by atoms with Crippen LogP contribution in [0.3, 0.4) is 0 Å². The van der Waals surface area contributed by atoms with Crippen molar-refractivity contribution >= 4 is 28.7 Å². The number of carbonyl (C=O) groups is 2. The highest BCUT2D eigenvalue weighted by Crippen LogP contribution is 2.22. The highest BCUT2D eigenvalue weighted by molar-refractivity contribution is 5.97. The lowest BCUT2D eigenvalue weighted by Crippen LogP contribution is -2.40. The van der Waals surface area contributed by atoms with Gasteiger partial charge in [-0.1, -0.05) is 18.2 Å². The number of ether oxygens (including phenoxy) is 1. The maximum absolute atomic E-state index is 11.8. The predicted octanol–water partition coefficient (Wildman–Crippen LogP) is 2.65. The van der Waals surface area contributed by atoms with Crippen LogP contribution in [0, 0.1) is 0 Å². The Morgan fingerprint density at radius 2 is 1.84 bits per heavy atom. The molecule has 1 aromatic heterocycles. The van der Waals surface area contributed by atoms with E-state index in [2.05, 4.69) is 15.8 Å². The molecule has 6 nitrogen and oxygen atoms in total. The molecule has 6 heteroatoms. The summed E-state index contributed by atoms with van der Waals surface area (Å²) in [6, 6.07) is 14.9. The summed E-state index contributed by atoms with van der Waals surface area (Å²) in [6.07, 6.45) is 4.67. The van der Waals surface area contributed by atoms with Crippen molar-refractivity contribution in [2.45, 2.75) is 0 Å². The van der Waals surface area contributed by atoms with E-state index in [1.54, 1.807) is 31.5 Å². The fourth-order valence-corrected chi connectivity index (χ4v) is 2.34. The molecule has 0 bridgehead atoms. The normalized spacial score (nSPS) is 10.8. The van der Waals surface area contributed by atoms with Gasteiger partial charge in [0.2, 0.25) is 0 Å². The zero-order valence-corrected chi connectivity index (χ0v) is 13.6. The van der Waals surface area contributed by atoms with Gasteiger partial charge in [0.1, 0.15) is 11.4 Å². The number of carbonyl (C=O) groups excluding carboxylic acids is 2. The number of H-pyrrole nitrogens is 1. The van der Waals surface area contributed by atoms with E-state index in [9.17, 15) is 9.59 Å². The summed E-state index contributed by atoms with van der Waals surface area (Å²) in [5, 5.41) is 2.10. The molecule has 1 heterocycles. The molecule has 0 unspecified atom stereocenters. The van der Waals surface area contributed by atoms with E-state index >= 15 is 0 Å². The second-order valence-electron chi connectivity index (χ2n) is 5.33. The Hall–Kier alpha value is -3.54. The fourth-order valence-electron chi connectivity index (χ4n) is 2.34. The van der Waals surface area contributed by atoms with E-state index in [1.165, 1.54) is 6.08 Å². The molecule has 3 rings (SSSR count). The molecule has 2 amide bonds. The van der Waals surface area contributed by atoms with Gasteiger partial charge in [-0.3, -0.25) is 20.4 Å². The third kappa shape index (κ3) is 4.06. The maximum Gasteiger partial charge on any atom is 0.286 e. The first kappa shape index (κ1) is 16.3. The molecule has 0 spiro atoms. The summed E-state index contributed by atoms with van der Waals surface area (Å²) in [4.78, 5) is 26.2. The molecule has 0 aliphatic carbocycles. The number of aromatic amines is 1. The van der Waals surface area contributed by atoms with Crippen molar-refractivity contribution in [3.05, 3.63) is 72.1 Å². The first-order valence-corrected chi connectivity index (χ1v) is 7.65. The molecule has 3 aromatic rings. The molecule has 0 fully saturated rings. The number of hydrogen-bond acceptors (Lipinski definition) is 3. The Kier molecular flexibility index (Phi) is 4.80. The van der Waals surface area contributed by atoms with Crippen LogP contribution in [0.1, 0.15) is 16.1 Å². The van der Waals surface area contributed by atoms with Crippen LogP contribution >= 0.6 is 0 Å². The number of benzene rings is 2. The van der Waals surface area contributed by atoms with Crippen LogP contribution in [-0.2, 0) is 4.79 Å². The number of rotatable bonds is 4. The molecule has 2 aromatic carbocycles. The van der Waals surface area contributed by atoms with Gasteiger partial charge in [0, 0.05) is 12.3 Å². The monoisotopic (exact) mass is 335 g/mol. The average molecular weight is 335 g/mol. The smallest absolute Gasteiger partial charge is 0.286 e. The van der Waals surface area contributed by atoms with Crippen molar-refractivity contribution in [1.82, 2.24) is 15.8 Å². The van der Waals surface area contributed by atoms with Crippen molar-refractivity contribution in [2.24, 2.45) is 0 Å². The number of fused-ring (bicyclic) bond motifs is 1. The summed E-state index contributed by atoms with van der Waals surface area (Å²) in [6.45, 7) is 0. The minimum atomic E-state index is -0.422. The average Bonchev–Trinajstić information content (AvgIpc) is 3.18. The molecular formula is C19H17N3O3. The van der Waals surface area contributed by atoms with Gasteiger partial charge in [-0.25, -0.2) is 0 Å². The van der Waals surface area contributed by atoms with Crippen LogP contribution in [0.25, 0.3) is 16.8 Å². The van der Waals surface area contributed by atoms with Gasteiger partial charge in [-0.2, -0.15) is 0 Å². The molecule has 0 radical (unpaired) electrons. The van der Waals surface area contributed by atoms with Gasteiger partial charge in [0.15, 0.2) is 0 Å². The number of nitrogens with one attached hydrogen (secondary N) is 3. The van der Waals surface area contributed by atoms with Crippen LogP contribution in [0.5, 0.6) is 5.75 Å². The number of hydrogen-bond donors (Lipinski definition) is 3. The van der Waals surface area contributed by atoms with Crippen LogP contribution in [-0.4, -0.2) is 23.9 Å². The van der Waals surface area contributed by atoms with Gasteiger partial charge < -0.3 is 9.72 Å². The fraction of sp³-hybridized carbons (Fsp3) is 0.0526. The van der Waals surface area contributed by atoms with Crippen LogP contribution in [0.4, 0.5) is 0 Å². The van der Waals surface area contributed by atoms with E-state index in [4.69, 9.17) is 4.74 Å². The minimum Gasteiger partial charge on any atom is -0.497 e. The molecule has 0 saturated carbocycles. The minimum absolute atomic E-state index is 0.370. The molecule has 0 atom stereocenters. The second-order valence-corrected chi connectivity index (χ2v) is 5.33. The lowest BCUT2D eigenvalue weighted by molar-refractivity contribution is -0.117. The summed E-state index contributed by atoms with van der Waals surface area (Å²) in [5.74, 6) is -0.0332. The van der Waals surface area contributed by atoms with Gasteiger partial charge >= 0.3 is 0 Å². The van der Waals surface area contributed by atoms with Crippen LogP contribution in [0.15, 0.2) is 60.8 Å². The van der Waals surface area contributed by atoms with Gasteiger partial charge in [-0.15, -0.1) is 0 Å². The molecule has 126 valence electrons. The molecule has 3 N–H and O–H groups in total. The number of amides is 2. The summed E-state index contributed by atoms with van der Waals surface area (Å²) in [7, 11) is 1.63. The van der Waals surface area contributed by atoms with Gasteiger partial charge in [0.05, 0.1) is 7.11 Å². The second kappa shape index (κ2) is 7.35. The quantitative estimate of drug-likeness (QED) is 0.506. The zero-order chi connectivity index (χ0) is 17.6. The Morgan fingerprint density at radius 1 is 1.04 bits per heavy atom. The van der Waals surface area contributed by atoms with Crippen molar-refractivity contribution < 1.29 is 14.3 Å². The third-order valence-electron chi connectivity index (χ3n) is 3.64. The van der Waals surface area contributed by atoms with E-state index < -0.39 is 11.8 Å². The summed E-state index contributed by atoms with van der Waals surface area (Å²) in [5.41, 5.74) is 5.91. The number of hydrazine groups is 1. The first-order chi connectivity index (χ1) is 12.2. The lowest BCUT2D eigenvalue weighted by atomic mass is 10.1. The molecular weight excluding hydrogens is 318 g/mol. The Balaban J connectivity index is 1.62. The molecule has 0 aliphatic heterocycles. The van der Waals surface area contributed by atoms with Gasteiger partial charge in [-0.05, 0) is 52.7 Å². The highest BCUT2D eigenvalue weighted by atomic mass is 16.5.